The van der Waals surface area contributed by atoms with E-state index in [9.17, 15) is 9.18 Å². The van der Waals surface area contributed by atoms with Gasteiger partial charge in [0.05, 0.1) is 13.2 Å². The first-order chi connectivity index (χ1) is 8.08. The fraction of sp³-hybridized carbons (Fsp3) is 0.417. The van der Waals surface area contributed by atoms with Gasteiger partial charge in [0.25, 0.3) is 0 Å². The van der Waals surface area contributed by atoms with Crippen LogP contribution in [0, 0.1) is 5.82 Å². The van der Waals surface area contributed by atoms with Gasteiger partial charge in [0.2, 0.25) is 5.91 Å². The zero-order valence-corrected chi connectivity index (χ0v) is 10.00. The summed E-state index contributed by atoms with van der Waals surface area (Å²) in [6, 6.07) is 3.66. The Bertz CT molecular complexity index is 396. The molecule has 0 saturated carbocycles. The van der Waals surface area contributed by atoms with Crippen LogP contribution in [0.4, 0.5) is 10.1 Å². The number of ether oxygens (including phenoxy) is 1. The second-order valence-corrected chi connectivity index (χ2v) is 3.73. The van der Waals surface area contributed by atoms with Gasteiger partial charge in [-0.2, -0.15) is 0 Å². The average molecular weight is 240 g/mol. The van der Waals surface area contributed by atoms with E-state index in [1.54, 1.807) is 6.07 Å². The van der Waals surface area contributed by atoms with Gasteiger partial charge in [-0.25, -0.2) is 4.39 Å². The monoisotopic (exact) mass is 240 g/mol. The van der Waals surface area contributed by atoms with Crippen LogP contribution in [0.25, 0.3) is 0 Å². The summed E-state index contributed by atoms with van der Waals surface area (Å²) in [7, 11) is 1.38. The molecule has 17 heavy (non-hydrogen) atoms. The molecule has 1 aromatic rings. The lowest BCUT2D eigenvalue weighted by molar-refractivity contribution is -0.117. The van der Waals surface area contributed by atoms with Crippen molar-refractivity contribution in [3.05, 3.63) is 24.0 Å². The van der Waals surface area contributed by atoms with Gasteiger partial charge in [0.15, 0.2) is 11.6 Å². The Hall–Kier alpha value is -1.62. The van der Waals surface area contributed by atoms with Gasteiger partial charge in [-0.15, -0.1) is 0 Å². The molecule has 4 nitrogen and oxygen atoms in total. The summed E-state index contributed by atoms with van der Waals surface area (Å²) in [6.07, 6.45) is 1.43. The fourth-order valence-corrected chi connectivity index (χ4v) is 1.42. The van der Waals surface area contributed by atoms with Crippen LogP contribution in [0.15, 0.2) is 18.2 Å². The third-order valence-corrected chi connectivity index (χ3v) is 2.36. The molecule has 0 bridgehead atoms. The first-order valence-electron chi connectivity index (χ1n) is 5.48. The molecule has 1 amide bonds. The number of halogens is 1. The summed E-state index contributed by atoms with van der Waals surface area (Å²) in [5.74, 6) is -0.688. The van der Waals surface area contributed by atoms with Crippen LogP contribution in [0.1, 0.15) is 19.8 Å². The number of benzene rings is 1. The van der Waals surface area contributed by atoms with Gasteiger partial charge in [0, 0.05) is 11.8 Å². The Morgan fingerprint density at radius 2 is 2.29 bits per heavy atom. The van der Waals surface area contributed by atoms with Crippen LogP contribution in [-0.2, 0) is 4.79 Å². The largest absolute Gasteiger partial charge is 0.494 e. The first-order valence-corrected chi connectivity index (χ1v) is 5.48. The SMILES string of the molecule is CCCC(N)C(=O)Nc1ccc(OC)c(F)c1. The Balaban J connectivity index is 2.69. The Morgan fingerprint density at radius 3 is 2.82 bits per heavy atom. The van der Waals surface area contributed by atoms with Crippen molar-refractivity contribution in [2.45, 2.75) is 25.8 Å². The molecule has 0 aliphatic rings. The summed E-state index contributed by atoms with van der Waals surface area (Å²) in [5.41, 5.74) is 6.01. The van der Waals surface area contributed by atoms with Crippen LogP contribution in [0.3, 0.4) is 0 Å². The van der Waals surface area contributed by atoms with E-state index in [0.717, 1.165) is 6.42 Å². The summed E-state index contributed by atoms with van der Waals surface area (Å²) in [5, 5.41) is 2.56. The Labute approximate surface area is 100.0 Å². The number of hydrogen-bond donors (Lipinski definition) is 2. The van der Waals surface area contributed by atoms with Gasteiger partial charge in [-0.1, -0.05) is 13.3 Å². The molecule has 0 aliphatic heterocycles. The van der Waals surface area contributed by atoms with Gasteiger partial charge in [0.1, 0.15) is 0 Å². The molecule has 1 atom stereocenters. The molecular formula is C12H17FN2O2. The molecule has 0 spiro atoms. The molecule has 0 radical (unpaired) electrons. The highest BCUT2D eigenvalue weighted by atomic mass is 19.1. The molecule has 1 rings (SSSR count). The van der Waals surface area contributed by atoms with Crippen LogP contribution < -0.4 is 15.8 Å². The molecule has 1 unspecified atom stereocenters. The lowest BCUT2D eigenvalue weighted by atomic mass is 10.1. The number of rotatable bonds is 5. The third kappa shape index (κ3) is 3.71. The van der Waals surface area contributed by atoms with Crippen molar-refractivity contribution in [3.8, 4) is 5.75 Å². The number of amides is 1. The highest BCUT2D eigenvalue weighted by Gasteiger charge is 2.13. The van der Waals surface area contributed by atoms with E-state index < -0.39 is 11.9 Å². The molecule has 5 heteroatoms. The van der Waals surface area contributed by atoms with Crippen LogP contribution in [-0.4, -0.2) is 19.1 Å². The summed E-state index contributed by atoms with van der Waals surface area (Å²) < 4.78 is 18.1. The molecule has 0 aromatic heterocycles. The standard InChI is InChI=1S/C12H17FN2O2/c1-3-4-10(14)12(16)15-8-5-6-11(17-2)9(13)7-8/h5-7,10H,3-4,14H2,1-2H3,(H,15,16). The van der Waals surface area contributed by atoms with E-state index in [1.807, 2.05) is 6.92 Å². The normalized spacial score (nSPS) is 12.0. The fourth-order valence-electron chi connectivity index (χ4n) is 1.42. The van der Waals surface area contributed by atoms with E-state index in [1.165, 1.54) is 19.2 Å². The number of carbonyl (C=O) groups is 1. The maximum atomic E-state index is 13.3. The predicted molar refractivity (Wildman–Crippen MR) is 64.5 cm³/mol. The summed E-state index contributed by atoms with van der Waals surface area (Å²) >= 11 is 0. The topological polar surface area (TPSA) is 64.4 Å². The minimum absolute atomic E-state index is 0.140. The predicted octanol–water partition coefficient (Wildman–Crippen LogP) is 1.90. The van der Waals surface area contributed by atoms with Gasteiger partial charge in [-0.3, -0.25) is 4.79 Å². The van der Waals surface area contributed by atoms with Crippen molar-refractivity contribution in [1.29, 1.82) is 0 Å². The molecule has 3 N–H and O–H groups in total. The van der Waals surface area contributed by atoms with Crippen molar-refractivity contribution in [3.63, 3.8) is 0 Å². The number of methoxy groups -OCH3 is 1. The number of carbonyl (C=O) groups excluding carboxylic acids is 1. The molecule has 0 saturated heterocycles. The van der Waals surface area contributed by atoms with Crippen molar-refractivity contribution in [1.82, 2.24) is 0 Å². The minimum Gasteiger partial charge on any atom is -0.494 e. The lowest BCUT2D eigenvalue weighted by Gasteiger charge is -2.11. The molecular weight excluding hydrogens is 223 g/mol. The van der Waals surface area contributed by atoms with Crippen molar-refractivity contribution in [2.75, 3.05) is 12.4 Å². The molecule has 0 aliphatic carbocycles. The Morgan fingerprint density at radius 1 is 1.59 bits per heavy atom. The summed E-state index contributed by atoms with van der Waals surface area (Å²) in [4.78, 5) is 11.6. The molecule has 0 heterocycles. The van der Waals surface area contributed by atoms with Crippen molar-refractivity contribution in [2.24, 2.45) is 5.73 Å². The van der Waals surface area contributed by atoms with Gasteiger partial charge >= 0.3 is 0 Å². The van der Waals surface area contributed by atoms with E-state index in [2.05, 4.69) is 5.32 Å². The maximum Gasteiger partial charge on any atom is 0.241 e. The summed E-state index contributed by atoms with van der Waals surface area (Å²) in [6.45, 7) is 1.94. The van der Waals surface area contributed by atoms with Gasteiger partial charge < -0.3 is 15.8 Å². The average Bonchev–Trinajstić information content (AvgIpc) is 2.29. The zero-order valence-electron chi connectivity index (χ0n) is 10.00. The highest BCUT2D eigenvalue weighted by Crippen LogP contribution is 2.20. The van der Waals surface area contributed by atoms with Crippen molar-refractivity contribution >= 4 is 11.6 Å². The third-order valence-electron chi connectivity index (χ3n) is 2.36. The maximum absolute atomic E-state index is 13.3. The minimum atomic E-state index is -0.565. The Kier molecular flexibility index (Phi) is 4.90. The number of hydrogen-bond acceptors (Lipinski definition) is 3. The molecule has 1 aromatic carbocycles. The first kappa shape index (κ1) is 13.4. The molecule has 0 fully saturated rings. The second-order valence-electron chi connectivity index (χ2n) is 3.73. The van der Waals surface area contributed by atoms with E-state index in [4.69, 9.17) is 10.5 Å². The van der Waals surface area contributed by atoms with Crippen LogP contribution >= 0.6 is 0 Å². The smallest absolute Gasteiger partial charge is 0.241 e. The second kappa shape index (κ2) is 6.20. The van der Waals surface area contributed by atoms with Crippen LogP contribution in [0.2, 0.25) is 0 Å². The van der Waals surface area contributed by atoms with E-state index >= 15 is 0 Å². The van der Waals surface area contributed by atoms with E-state index in [0.29, 0.717) is 12.1 Å². The molecule has 94 valence electrons. The number of anilines is 1. The van der Waals surface area contributed by atoms with Gasteiger partial charge in [-0.05, 0) is 18.6 Å². The van der Waals surface area contributed by atoms with Crippen LogP contribution in [0.5, 0.6) is 5.75 Å². The zero-order chi connectivity index (χ0) is 12.8. The number of nitrogens with one attached hydrogen (secondary N) is 1. The van der Waals surface area contributed by atoms with Crippen molar-refractivity contribution < 1.29 is 13.9 Å². The number of nitrogens with two attached hydrogens (primary N) is 1. The quantitative estimate of drug-likeness (QED) is 0.826. The highest BCUT2D eigenvalue weighted by molar-refractivity contribution is 5.94. The van der Waals surface area contributed by atoms with E-state index in [-0.39, 0.29) is 11.7 Å². The lowest BCUT2D eigenvalue weighted by Crippen LogP contribution is -2.35.